The van der Waals surface area contributed by atoms with E-state index in [2.05, 4.69) is 4.90 Å². The molecule has 1 saturated heterocycles. The van der Waals surface area contributed by atoms with Crippen molar-refractivity contribution in [3.8, 4) is 0 Å². The SMILES string of the molecule is CN(C(=O)c1cc([N+](=O)[O-])ccc1N1CCOCC1)C1CCCCC1. The van der Waals surface area contributed by atoms with E-state index in [-0.39, 0.29) is 17.6 Å². The largest absolute Gasteiger partial charge is 0.378 e. The van der Waals surface area contributed by atoms with Crippen molar-refractivity contribution in [3.05, 3.63) is 33.9 Å². The van der Waals surface area contributed by atoms with Gasteiger partial charge in [0.1, 0.15) is 0 Å². The lowest BCUT2D eigenvalue weighted by molar-refractivity contribution is -0.384. The van der Waals surface area contributed by atoms with Gasteiger partial charge in [0.05, 0.1) is 29.4 Å². The van der Waals surface area contributed by atoms with Crippen molar-refractivity contribution >= 4 is 17.3 Å². The Morgan fingerprint density at radius 3 is 2.56 bits per heavy atom. The molecular formula is C18H25N3O4. The highest BCUT2D eigenvalue weighted by molar-refractivity contribution is 6.00. The van der Waals surface area contributed by atoms with E-state index in [1.807, 2.05) is 7.05 Å². The summed E-state index contributed by atoms with van der Waals surface area (Å²) in [6, 6.07) is 4.82. The van der Waals surface area contributed by atoms with E-state index < -0.39 is 4.92 Å². The van der Waals surface area contributed by atoms with Gasteiger partial charge in [-0.1, -0.05) is 19.3 Å². The molecule has 2 fully saturated rings. The predicted octanol–water partition coefficient (Wildman–Crippen LogP) is 2.84. The van der Waals surface area contributed by atoms with Crippen molar-refractivity contribution in [2.75, 3.05) is 38.3 Å². The van der Waals surface area contributed by atoms with Gasteiger partial charge in [-0.05, 0) is 18.9 Å². The molecule has 1 saturated carbocycles. The van der Waals surface area contributed by atoms with Crippen LogP contribution in [0.3, 0.4) is 0 Å². The Hall–Kier alpha value is -2.15. The van der Waals surface area contributed by atoms with Crippen LogP contribution in [0.25, 0.3) is 0 Å². The van der Waals surface area contributed by atoms with Gasteiger partial charge in [0, 0.05) is 38.3 Å². The third kappa shape index (κ3) is 3.92. The Morgan fingerprint density at radius 1 is 1.24 bits per heavy atom. The van der Waals surface area contributed by atoms with Crippen molar-refractivity contribution in [3.63, 3.8) is 0 Å². The van der Waals surface area contributed by atoms with Crippen LogP contribution in [0.4, 0.5) is 11.4 Å². The summed E-state index contributed by atoms with van der Waals surface area (Å²) in [5, 5.41) is 11.2. The lowest BCUT2D eigenvalue weighted by Gasteiger charge is -2.34. The second-order valence-corrected chi connectivity index (χ2v) is 6.77. The van der Waals surface area contributed by atoms with Gasteiger partial charge in [-0.25, -0.2) is 0 Å². The zero-order chi connectivity index (χ0) is 17.8. The maximum atomic E-state index is 13.1. The van der Waals surface area contributed by atoms with Crippen LogP contribution in [-0.2, 0) is 4.74 Å². The molecule has 0 N–H and O–H groups in total. The normalized spacial score (nSPS) is 18.8. The monoisotopic (exact) mass is 347 g/mol. The highest BCUT2D eigenvalue weighted by atomic mass is 16.6. The van der Waals surface area contributed by atoms with Crippen molar-refractivity contribution in [1.82, 2.24) is 4.90 Å². The van der Waals surface area contributed by atoms with Crippen LogP contribution in [0.5, 0.6) is 0 Å². The molecule has 0 bridgehead atoms. The Labute approximate surface area is 147 Å². The lowest BCUT2D eigenvalue weighted by atomic mass is 9.94. The first-order valence-electron chi connectivity index (χ1n) is 8.96. The van der Waals surface area contributed by atoms with Crippen LogP contribution in [0.15, 0.2) is 18.2 Å². The van der Waals surface area contributed by atoms with Crippen molar-refractivity contribution < 1.29 is 14.5 Å². The minimum atomic E-state index is -0.444. The molecule has 0 atom stereocenters. The molecule has 1 aliphatic heterocycles. The first-order valence-corrected chi connectivity index (χ1v) is 8.96. The zero-order valence-corrected chi connectivity index (χ0v) is 14.6. The quantitative estimate of drug-likeness (QED) is 0.618. The summed E-state index contributed by atoms with van der Waals surface area (Å²) in [5.74, 6) is -0.128. The molecular weight excluding hydrogens is 322 g/mol. The smallest absolute Gasteiger partial charge is 0.270 e. The topological polar surface area (TPSA) is 75.9 Å². The molecule has 1 aromatic rings. The first-order chi connectivity index (χ1) is 12.1. The standard InChI is InChI=1S/C18H25N3O4/c1-19(14-5-3-2-4-6-14)18(22)16-13-15(21(23)24)7-8-17(16)20-9-11-25-12-10-20/h7-8,13-14H,2-6,9-12H2,1H3. The lowest BCUT2D eigenvalue weighted by Crippen LogP contribution is -2.41. The van der Waals surface area contributed by atoms with E-state index in [1.165, 1.54) is 18.6 Å². The van der Waals surface area contributed by atoms with Gasteiger partial charge < -0.3 is 14.5 Å². The number of benzene rings is 1. The molecule has 1 aliphatic carbocycles. The average molecular weight is 347 g/mol. The molecule has 0 unspecified atom stereocenters. The molecule has 0 aromatic heterocycles. The van der Waals surface area contributed by atoms with Crippen LogP contribution in [-0.4, -0.2) is 55.1 Å². The van der Waals surface area contributed by atoms with Crippen molar-refractivity contribution in [1.29, 1.82) is 0 Å². The number of amides is 1. The van der Waals surface area contributed by atoms with Gasteiger partial charge in [0.2, 0.25) is 0 Å². The van der Waals surface area contributed by atoms with E-state index in [0.717, 1.165) is 31.4 Å². The fourth-order valence-electron chi connectivity index (χ4n) is 3.71. The highest BCUT2D eigenvalue weighted by Crippen LogP contribution is 2.29. The predicted molar refractivity (Wildman–Crippen MR) is 95.1 cm³/mol. The zero-order valence-electron chi connectivity index (χ0n) is 14.6. The van der Waals surface area contributed by atoms with Crippen LogP contribution in [0, 0.1) is 10.1 Å². The van der Waals surface area contributed by atoms with E-state index in [0.29, 0.717) is 31.9 Å². The number of hydrogen-bond donors (Lipinski definition) is 0. The van der Waals surface area contributed by atoms with E-state index >= 15 is 0 Å². The molecule has 0 radical (unpaired) electrons. The number of morpholine rings is 1. The summed E-state index contributed by atoms with van der Waals surface area (Å²) in [7, 11) is 1.82. The number of nitro benzene ring substituents is 1. The van der Waals surface area contributed by atoms with Gasteiger partial charge >= 0.3 is 0 Å². The van der Waals surface area contributed by atoms with E-state index in [4.69, 9.17) is 4.74 Å². The summed E-state index contributed by atoms with van der Waals surface area (Å²) >= 11 is 0. The third-order valence-corrected chi connectivity index (χ3v) is 5.22. The summed E-state index contributed by atoms with van der Waals surface area (Å²) in [4.78, 5) is 27.7. The molecule has 136 valence electrons. The third-order valence-electron chi connectivity index (χ3n) is 5.22. The van der Waals surface area contributed by atoms with Crippen LogP contribution in [0.2, 0.25) is 0 Å². The van der Waals surface area contributed by atoms with Crippen LogP contribution in [0.1, 0.15) is 42.5 Å². The molecule has 7 heteroatoms. The van der Waals surface area contributed by atoms with Crippen molar-refractivity contribution in [2.45, 2.75) is 38.1 Å². The minimum Gasteiger partial charge on any atom is -0.378 e. The first kappa shape index (κ1) is 17.7. The molecule has 0 spiro atoms. The second kappa shape index (κ2) is 7.82. The van der Waals surface area contributed by atoms with Gasteiger partial charge in [0.25, 0.3) is 11.6 Å². The number of carbonyl (C=O) groups excluding carboxylic acids is 1. The van der Waals surface area contributed by atoms with Gasteiger partial charge in [-0.3, -0.25) is 14.9 Å². The van der Waals surface area contributed by atoms with E-state index in [9.17, 15) is 14.9 Å². The fraction of sp³-hybridized carbons (Fsp3) is 0.611. The number of nitrogens with zero attached hydrogens (tertiary/aromatic N) is 3. The molecule has 3 rings (SSSR count). The number of anilines is 1. The summed E-state index contributed by atoms with van der Waals surface area (Å²) in [6.45, 7) is 2.57. The van der Waals surface area contributed by atoms with Crippen LogP contribution < -0.4 is 4.90 Å². The fourth-order valence-corrected chi connectivity index (χ4v) is 3.71. The summed E-state index contributed by atoms with van der Waals surface area (Å²) < 4.78 is 5.38. The van der Waals surface area contributed by atoms with Crippen LogP contribution >= 0.6 is 0 Å². The number of rotatable bonds is 4. The summed E-state index contributed by atoms with van der Waals surface area (Å²) in [5.41, 5.74) is 1.14. The molecule has 7 nitrogen and oxygen atoms in total. The summed E-state index contributed by atoms with van der Waals surface area (Å²) in [6.07, 6.45) is 5.49. The molecule has 1 heterocycles. The van der Waals surface area contributed by atoms with Crippen molar-refractivity contribution in [2.24, 2.45) is 0 Å². The Balaban J connectivity index is 1.91. The van der Waals surface area contributed by atoms with Gasteiger partial charge in [-0.2, -0.15) is 0 Å². The highest BCUT2D eigenvalue weighted by Gasteiger charge is 2.28. The van der Waals surface area contributed by atoms with Gasteiger partial charge in [0.15, 0.2) is 0 Å². The number of nitro groups is 1. The maximum Gasteiger partial charge on any atom is 0.270 e. The Kier molecular flexibility index (Phi) is 5.53. The molecule has 25 heavy (non-hydrogen) atoms. The average Bonchev–Trinajstić information content (AvgIpc) is 2.67. The molecule has 2 aliphatic rings. The van der Waals surface area contributed by atoms with E-state index in [1.54, 1.807) is 11.0 Å². The molecule has 1 aromatic carbocycles. The molecule has 1 amide bonds. The number of hydrogen-bond acceptors (Lipinski definition) is 5. The number of non-ortho nitro benzene ring substituents is 1. The Morgan fingerprint density at radius 2 is 1.92 bits per heavy atom. The maximum absolute atomic E-state index is 13.1. The number of carbonyl (C=O) groups is 1. The minimum absolute atomic E-state index is 0.0441. The number of ether oxygens (including phenoxy) is 1. The second-order valence-electron chi connectivity index (χ2n) is 6.77. The Bertz CT molecular complexity index is 637. The van der Waals surface area contributed by atoms with Gasteiger partial charge in [-0.15, -0.1) is 0 Å².